The zero-order chi connectivity index (χ0) is 15.9. The number of carbonyl (C=O) groups excluding carboxylic acids is 1. The Morgan fingerprint density at radius 3 is 2.30 bits per heavy atom. The van der Waals surface area contributed by atoms with Crippen LogP contribution in [0.3, 0.4) is 0 Å². The summed E-state index contributed by atoms with van der Waals surface area (Å²) < 4.78 is 5.73. The van der Waals surface area contributed by atoms with E-state index in [1.165, 1.54) is 25.7 Å². The summed E-state index contributed by atoms with van der Waals surface area (Å²) in [5.41, 5.74) is 0.781. The van der Waals surface area contributed by atoms with Crippen LogP contribution in [0.15, 0.2) is 54.6 Å². The Labute approximate surface area is 136 Å². The Hall–Kier alpha value is -2.33. The molecule has 4 nitrogen and oxygen atoms in total. The molecule has 1 saturated carbocycles. The number of benzene rings is 2. The third-order valence-corrected chi connectivity index (χ3v) is 4.02. The predicted molar refractivity (Wildman–Crippen MR) is 91.8 cm³/mol. The lowest BCUT2D eigenvalue weighted by Gasteiger charge is -2.12. The topological polar surface area (TPSA) is 50.4 Å². The first-order chi connectivity index (χ1) is 11.3. The summed E-state index contributed by atoms with van der Waals surface area (Å²) in [5, 5.41) is 6.21. The number of hydrogen-bond donors (Lipinski definition) is 2. The van der Waals surface area contributed by atoms with Crippen molar-refractivity contribution in [3.63, 3.8) is 0 Å². The van der Waals surface area contributed by atoms with E-state index in [1.54, 1.807) is 0 Å². The normalized spacial score (nSPS) is 14.6. The average molecular weight is 310 g/mol. The molecule has 0 aliphatic heterocycles. The van der Waals surface area contributed by atoms with Crippen LogP contribution < -0.4 is 15.4 Å². The standard InChI is InChI=1S/C19H22N2O2/c22-19(14-20-15-6-4-5-7-15)21-16-10-12-18(13-11-16)23-17-8-2-1-3-9-17/h1-3,8-13,15,20H,4-7,14H2,(H,21,22). The molecular formula is C19H22N2O2. The fourth-order valence-electron chi connectivity index (χ4n) is 2.80. The maximum absolute atomic E-state index is 11.9. The Bertz CT molecular complexity index is 620. The molecular weight excluding hydrogens is 288 g/mol. The molecule has 0 bridgehead atoms. The largest absolute Gasteiger partial charge is 0.457 e. The molecule has 0 atom stereocenters. The number of rotatable bonds is 6. The van der Waals surface area contributed by atoms with Crippen molar-refractivity contribution < 1.29 is 9.53 Å². The van der Waals surface area contributed by atoms with Crippen molar-refractivity contribution in [2.75, 3.05) is 11.9 Å². The molecule has 0 unspecified atom stereocenters. The van der Waals surface area contributed by atoms with Crippen molar-refractivity contribution in [2.45, 2.75) is 31.7 Å². The SMILES string of the molecule is O=C(CNC1CCCC1)Nc1ccc(Oc2ccccc2)cc1. The maximum atomic E-state index is 11.9. The molecule has 1 aliphatic rings. The molecule has 1 fully saturated rings. The lowest BCUT2D eigenvalue weighted by atomic mass is 10.2. The zero-order valence-corrected chi connectivity index (χ0v) is 13.1. The first kappa shape index (κ1) is 15.6. The summed E-state index contributed by atoms with van der Waals surface area (Å²) in [4.78, 5) is 11.9. The average Bonchev–Trinajstić information content (AvgIpc) is 3.09. The third-order valence-electron chi connectivity index (χ3n) is 4.02. The molecule has 0 radical (unpaired) electrons. The molecule has 2 aromatic carbocycles. The second-order valence-electron chi connectivity index (χ2n) is 5.85. The summed E-state index contributed by atoms with van der Waals surface area (Å²) in [6.45, 7) is 0.368. The van der Waals surface area contributed by atoms with Crippen LogP contribution in [-0.4, -0.2) is 18.5 Å². The second-order valence-corrected chi connectivity index (χ2v) is 5.85. The first-order valence-electron chi connectivity index (χ1n) is 8.16. The smallest absolute Gasteiger partial charge is 0.238 e. The van der Waals surface area contributed by atoms with Gasteiger partial charge in [0.15, 0.2) is 0 Å². The van der Waals surface area contributed by atoms with Gasteiger partial charge in [0.2, 0.25) is 5.91 Å². The van der Waals surface area contributed by atoms with Gasteiger partial charge in [-0.15, -0.1) is 0 Å². The second kappa shape index (κ2) is 7.79. The summed E-state index contributed by atoms with van der Waals surface area (Å²) in [6, 6.07) is 17.5. The van der Waals surface area contributed by atoms with Crippen molar-refractivity contribution in [3.05, 3.63) is 54.6 Å². The van der Waals surface area contributed by atoms with Crippen LogP contribution in [0.4, 0.5) is 5.69 Å². The number of anilines is 1. The number of ether oxygens (including phenoxy) is 1. The van der Waals surface area contributed by atoms with E-state index in [1.807, 2.05) is 54.6 Å². The van der Waals surface area contributed by atoms with Gasteiger partial charge >= 0.3 is 0 Å². The van der Waals surface area contributed by atoms with Crippen LogP contribution >= 0.6 is 0 Å². The van der Waals surface area contributed by atoms with Gasteiger partial charge in [0.25, 0.3) is 0 Å². The van der Waals surface area contributed by atoms with Crippen LogP contribution in [0.1, 0.15) is 25.7 Å². The van der Waals surface area contributed by atoms with Crippen LogP contribution in [-0.2, 0) is 4.79 Å². The third kappa shape index (κ3) is 4.83. The lowest BCUT2D eigenvalue weighted by Crippen LogP contribution is -2.34. The molecule has 1 amide bonds. The van der Waals surface area contributed by atoms with E-state index in [0.29, 0.717) is 12.6 Å². The van der Waals surface area contributed by atoms with Gasteiger partial charge in [-0.2, -0.15) is 0 Å². The molecule has 2 N–H and O–H groups in total. The number of para-hydroxylation sites is 1. The summed E-state index contributed by atoms with van der Waals surface area (Å²) in [5.74, 6) is 1.54. The van der Waals surface area contributed by atoms with Crippen molar-refractivity contribution in [2.24, 2.45) is 0 Å². The first-order valence-corrected chi connectivity index (χ1v) is 8.16. The van der Waals surface area contributed by atoms with Crippen LogP contribution in [0.25, 0.3) is 0 Å². The molecule has 120 valence electrons. The Balaban J connectivity index is 1.47. The number of amides is 1. The molecule has 0 aromatic heterocycles. The quantitative estimate of drug-likeness (QED) is 0.849. The fourth-order valence-corrected chi connectivity index (χ4v) is 2.80. The zero-order valence-electron chi connectivity index (χ0n) is 13.1. The van der Waals surface area contributed by atoms with Crippen molar-refractivity contribution in [3.8, 4) is 11.5 Å². The van der Waals surface area contributed by atoms with E-state index in [-0.39, 0.29) is 5.91 Å². The summed E-state index contributed by atoms with van der Waals surface area (Å²) >= 11 is 0. The van der Waals surface area contributed by atoms with Gasteiger partial charge in [0, 0.05) is 11.7 Å². The van der Waals surface area contributed by atoms with Gasteiger partial charge in [0.05, 0.1) is 6.54 Å². The Morgan fingerprint density at radius 2 is 1.61 bits per heavy atom. The van der Waals surface area contributed by atoms with Crippen molar-refractivity contribution >= 4 is 11.6 Å². The van der Waals surface area contributed by atoms with E-state index in [9.17, 15) is 4.79 Å². The van der Waals surface area contributed by atoms with Crippen molar-refractivity contribution in [1.82, 2.24) is 5.32 Å². The molecule has 4 heteroatoms. The minimum Gasteiger partial charge on any atom is -0.457 e. The van der Waals surface area contributed by atoms with Gasteiger partial charge in [-0.1, -0.05) is 31.0 Å². The Kier molecular flexibility index (Phi) is 5.27. The van der Waals surface area contributed by atoms with Crippen LogP contribution in [0.2, 0.25) is 0 Å². The molecule has 0 spiro atoms. The molecule has 2 aromatic rings. The Morgan fingerprint density at radius 1 is 0.957 bits per heavy atom. The van der Waals surface area contributed by atoms with Crippen LogP contribution in [0, 0.1) is 0 Å². The van der Waals surface area contributed by atoms with E-state index in [2.05, 4.69) is 10.6 Å². The molecule has 1 aliphatic carbocycles. The van der Waals surface area contributed by atoms with Gasteiger partial charge in [-0.05, 0) is 49.2 Å². The van der Waals surface area contributed by atoms with Crippen LogP contribution in [0.5, 0.6) is 11.5 Å². The molecule has 0 heterocycles. The summed E-state index contributed by atoms with van der Waals surface area (Å²) in [6.07, 6.45) is 4.89. The predicted octanol–water partition coefficient (Wildman–Crippen LogP) is 3.95. The molecule has 23 heavy (non-hydrogen) atoms. The van der Waals surface area contributed by atoms with Gasteiger partial charge in [0.1, 0.15) is 11.5 Å². The van der Waals surface area contributed by atoms with Gasteiger partial charge < -0.3 is 15.4 Å². The fraction of sp³-hybridized carbons (Fsp3) is 0.316. The monoisotopic (exact) mass is 310 g/mol. The highest BCUT2D eigenvalue weighted by Crippen LogP contribution is 2.22. The van der Waals surface area contributed by atoms with Gasteiger partial charge in [-0.25, -0.2) is 0 Å². The van der Waals surface area contributed by atoms with E-state index >= 15 is 0 Å². The highest BCUT2D eigenvalue weighted by Gasteiger charge is 2.15. The highest BCUT2D eigenvalue weighted by atomic mass is 16.5. The van der Waals surface area contributed by atoms with Gasteiger partial charge in [-0.3, -0.25) is 4.79 Å². The van der Waals surface area contributed by atoms with E-state index < -0.39 is 0 Å². The maximum Gasteiger partial charge on any atom is 0.238 e. The minimum absolute atomic E-state index is 0.00590. The lowest BCUT2D eigenvalue weighted by molar-refractivity contribution is -0.115. The highest BCUT2D eigenvalue weighted by molar-refractivity contribution is 5.92. The number of hydrogen-bond acceptors (Lipinski definition) is 3. The summed E-state index contributed by atoms with van der Waals surface area (Å²) in [7, 11) is 0. The number of nitrogens with one attached hydrogen (secondary N) is 2. The van der Waals surface area contributed by atoms with E-state index in [0.717, 1.165) is 17.2 Å². The van der Waals surface area contributed by atoms with E-state index in [4.69, 9.17) is 4.74 Å². The minimum atomic E-state index is -0.00590. The number of carbonyl (C=O) groups is 1. The molecule has 0 saturated heterocycles. The molecule has 3 rings (SSSR count). The van der Waals surface area contributed by atoms with Crippen molar-refractivity contribution in [1.29, 1.82) is 0 Å².